The molecule has 2 aromatic rings. The first-order chi connectivity index (χ1) is 13.7. The molecule has 0 aliphatic carbocycles. The second-order valence-corrected chi connectivity index (χ2v) is 7.25. The number of nitrogens with one attached hydrogen (secondary N) is 2. The second-order valence-electron chi connectivity index (χ2n) is 7.25. The van der Waals surface area contributed by atoms with E-state index in [9.17, 15) is 4.79 Å². The van der Waals surface area contributed by atoms with Crippen LogP contribution in [0.2, 0.25) is 0 Å². The highest BCUT2D eigenvalue weighted by Crippen LogP contribution is 2.35. The standard InChI is InChI=1S/C20H25N3O5/c1-25-12-20(4-6-21-7-5-20)11-22-19(24)17-18(28-13-23-17)14-2-3-15-16(10-14)27-9-8-26-15/h2-3,10,13,21H,4-9,11-12H2,1H3,(H,22,24). The molecule has 0 saturated carbocycles. The van der Waals surface area contributed by atoms with E-state index in [0.717, 1.165) is 31.5 Å². The maximum absolute atomic E-state index is 12.8. The van der Waals surface area contributed by atoms with E-state index in [1.807, 2.05) is 18.2 Å². The van der Waals surface area contributed by atoms with Crippen molar-refractivity contribution in [2.45, 2.75) is 12.8 Å². The van der Waals surface area contributed by atoms with Crippen molar-refractivity contribution in [1.82, 2.24) is 15.6 Å². The first-order valence-electron chi connectivity index (χ1n) is 9.52. The molecule has 8 nitrogen and oxygen atoms in total. The lowest BCUT2D eigenvalue weighted by Crippen LogP contribution is -2.47. The van der Waals surface area contributed by atoms with Crippen molar-refractivity contribution in [2.75, 3.05) is 46.6 Å². The number of ether oxygens (including phenoxy) is 3. The SMILES string of the molecule is COCC1(CNC(=O)c2ncoc2-c2ccc3c(c2)OCCO3)CCNCC1. The molecule has 1 aromatic carbocycles. The van der Waals surface area contributed by atoms with E-state index in [2.05, 4.69) is 15.6 Å². The fraction of sp³-hybridized carbons (Fsp3) is 0.500. The molecule has 0 radical (unpaired) electrons. The number of methoxy groups -OCH3 is 1. The van der Waals surface area contributed by atoms with Gasteiger partial charge in [0.1, 0.15) is 13.2 Å². The second kappa shape index (κ2) is 8.20. The quantitative estimate of drug-likeness (QED) is 0.781. The number of aromatic nitrogens is 1. The summed E-state index contributed by atoms with van der Waals surface area (Å²) in [6.07, 6.45) is 3.19. The van der Waals surface area contributed by atoms with Gasteiger partial charge in [-0.1, -0.05) is 0 Å². The molecular weight excluding hydrogens is 362 g/mol. The summed E-state index contributed by atoms with van der Waals surface area (Å²) in [6, 6.07) is 5.46. The van der Waals surface area contributed by atoms with Gasteiger partial charge in [-0.3, -0.25) is 4.79 Å². The molecule has 3 heterocycles. The number of rotatable bonds is 6. The Balaban J connectivity index is 1.50. The molecule has 2 aliphatic heterocycles. The van der Waals surface area contributed by atoms with Gasteiger partial charge >= 0.3 is 0 Å². The number of amides is 1. The number of oxazole rings is 1. The van der Waals surface area contributed by atoms with Crippen LogP contribution in [0.5, 0.6) is 11.5 Å². The van der Waals surface area contributed by atoms with Gasteiger partial charge in [0.15, 0.2) is 29.3 Å². The van der Waals surface area contributed by atoms with Crippen LogP contribution in [0.15, 0.2) is 29.0 Å². The van der Waals surface area contributed by atoms with E-state index < -0.39 is 0 Å². The number of hydrogen-bond acceptors (Lipinski definition) is 7. The van der Waals surface area contributed by atoms with Crippen LogP contribution < -0.4 is 20.1 Å². The third-order valence-corrected chi connectivity index (χ3v) is 5.33. The number of fused-ring (bicyclic) bond motifs is 1. The van der Waals surface area contributed by atoms with Gasteiger partial charge in [0.05, 0.1) is 6.61 Å². The van der Waals surface area contributed by atoms with E-state index in [4.69, 9.17) is 18.6 Å². The van der Waals surface area contributed by atoms with Gasteiger partial charge in [-0.25, -0.2) is 4.98 Å². The number of piperidine rings is 1. The molecule has 2 aliphatic rings. The Morgan fingerprint density at radius 2 is 2.04 bits per heavy atom. The molecule has 1 aromatic heterocycles. The molecule has 4 rings (SSSR count). The summed E-state index contributed by atoms with van der Waals surface area (Å²) in [5, 5.41) is 6.38. The Morgan fingerprint density at radius 1 is 1.25 bits per heavy atom. The summed E-state index contributed by atoms with van der Waals surface area (Å²) in [5.74, 6) is 1.49. The van der Waals surface area contributed by atoms with Crippen molar-refractivity contribution in [1.29, 1.82) is 0 Å². The van der Waals surface area contributed by atoms with Crippen molar-refractivity contribution < 1.29 is 23.4 Å². The third-order valence-electron chi connectivity index (χ3n) is 5.33. The van der Waals surface area contributed by atoms with Crippen LogP contribution in [-0.4, -0.2) is 57.5 Å². The molecule has 0 spiro atoms. The van der Waals surface area contributed by atoms with E-state index in [-0.39, 0.29) is 17.0 Å². The molecule has 0 atom stereocenters. The van der Waals surface area contributed by atoms with Crippen molar-refractivity contribution in [3.8, 4) is 22.8 Å². The normalized spacial score (nSPS) is 17.9. The van der Waals surface area contributed by atoms with E-state index in [1.165, 1.54) is 6.39 Å². The molecule has 2 N–H and O–H groups in total. The minimum atomic E-state index is -0.257. The number of carbonyl (C=O) groups excluding carboxylic acids is 1. The van der Waals surface area contributed by atoms with Crippen LogP contribution in [0.25, 0.3) is 11.3 Å². The largest absolute Gasteiger partial charge is 0.486 e. The summed E-state index contributed by atoms with van der Waals surface area (Å²) in [5.41, 5.74) is 0.926. The van der Waals surface area contributed by atoms with Gasteiger partial charge in [-0.15, -0.1) is 0 Å². The van der Waals surface area contributed by atoms with Crippen LogP contribution in [0.1, 0.15) is 23.3 Å². The Hall–Kier alpha value is -2.58. The number of nitrogens with zero attached hydrogens (tertiary/aromatic N) is 1. The lowest BCUT2D eigenvalue weighted by molar-refractivity contribution is 0.0511. The molecule has 28 heavy (non-hydrogen) atoms. The molecule has 8 heteroatoms. The van der Waals surface area contributed by atoms with Crippen LogP contribution in [0, 0.1) is 5.41 Å². The summed E-state index contributed by atoms with van der Waals surface area (Å²) >= 11 is 0. The van der Waals surface area contributed by atoms with E-state index in [0.29, 0.717) is 43.6 Å². The lowest BCUT2D eigenvalue weighted by Gasteiger charge is -2.37. The van der Waals surface area contributed by atoms with Gasteiger partial charge in [0.25, 0.3) is 5.91 Å². The van der Waals surface area contributed by atoms with Gasteiger partial charge in [0.2, 0.25) is 0 Å². The van der Waals surface area contributed by atoms with Crippen molar-refractivity contribution >= 4 is 5.91 Å². The predicted octanol–water partition coefficient (Wildman–Crippen LogP) is 1.86. The molecular formula is C20H25N3O5. The zero-order chi connectivity index (χ0) is 19.4. The summed E-state index contributed by atoms with van der Waals surface area (Å²) in [7, 11) is 1.70. The fourth-order valence-corrected chi connectivity index (χ4v) is 3.78. The zero-order valence-electron chi connectivity index (χ0n) is 16.0. The average Bonchev–Trinajstić information content (AvgIpc) is 3.23. The van der Waals surface area contributed by atoms with E-state index >= 15 is 0 Å². The lowest BCUT2D eigenvalue weighted by atomic mass is 9.79. The van der Waals surface area contributed by atoms with Crippen LogP contribution >= 0.6 is 0 Å². The van der Waals surface area contributed by atoms with Crippen LogP contribution in [0.4, 0.5) is 0 Å². The zero-order valence-corrected chi connectivity index (χ0v) is 16.0. The van der Waals surface area contributed by atoms with Crippen molar-refractivity contribution in [3.63, 3.8) is 0 Å². The Bertz CT molecular complexity index is 823. The smallest absolute Gasteiger partial charge is 0.273 e. The van der Waals surface area contributed by atoms with Gasteiger partial charge in [0, 0.05) is 24.6 Å². The van der Waals surface area contributed by atoms with Crippen molar-refractivity contribution in [2.24, 2.45) is 5.41 Å². The highest BCUT2D eigenvalue weighted by molar-refractivity contribution is 5.97. The first-order valence-corrected chi connectivity index (χ1v) is 9.52. The summed E-state index contributed by atoms with van der Waals surface area (Å²) < 4.78 is 22.1. The highest BCUT2D eigenvalue weighted by Gasteiger charge is 2.33. The number of carbonyl (C=O) groups is 1. The summed E-state index contributed by atoms with van der Waals surface area (Å²) in [6.45, 7) is 4.02. The molecule has 0 bridgehead atoms. The summed E-state index contributed by atoms with van der Waals surface area (Å²) in [4.78, 5) is 17.0. The minimum absolute atomic E-state index is 0.0590. The van der Waals surface area contributed by atoms with Gasteiger partial charge in [-0.2, -0.15) is 0 Å². The molecule has 1 saturated heterocycles. The molecule has 1 amide bonds. The number of benzene rings is 1. The molecule has 0 unspecified atom stereocenters. The van der Waals surface area contributed by atoms with Crippen LogP contribution in [-0.2, 0) is 4.74 Å². The average molecular weight is 387 g/mol. The predicted molar refractivity (Wildman–Crippen MR) is 102 cm³/mol. The van der Waals surface area contributed by atoms with Gasteiger partial charge < -0.3 is 29.3 Å². The first kappa shape index (κ1) is 18.8. The highest BCUT2D eigenvalue weighted by atomic mass is 16.6. The maximum atomic E-state index is 12.8. The van der Waals surface area contributed by atoms with Crippen molar-refractivity contribution in [3.05, 3.63) is 30.3 Å². The Morgan fingerprint density at radius 3 is 2.82 bits per heavy atom. The maximum Gasteiger partial charge on any atom is 0.273 e. The van der Waals surface area contributed by atoms with E-state index in [1.54, 1.807) is 7.11 Å². The Labute approximate surface area is 163 Å². The molecule has 1 fully saturated rings. The number of hydrogen-bond donors (Lipinski definition) is 2. The third kappa shape index (κ3) is 3.83. The van der Waals surface area contributed by atoms with Gasteiger partial charge in [-0.05, 0) is 44.1 Å². The monoisotopic (exact) mass is 387 g/mol. The Kier molecular flexibility index (Phi) is 5.50. The fourth-order valence-electron chi connectivity index (χ4n) is 3.78. The topological polar surface area (TPSA) is 94.9 Å². The molecule has 150 valence electrons. The van der Waals surface area contributed by atoms with Crippen LogP contribution in [0.3, 0.4) is 0 Å². The minimum Gasteiger partial charge on any atom is -0.486 e.